The minimum absolute atomic E-state index is 0.137. The number of rotatable bonds is 4. The van der Waals surface area contributed by atoms with Crippen molar-refractivity contribution in [3.8, 4) is 0 Å². The molecule has 7 heteroatoms. The molecule has 0 bridgehead atoms. The second-order valence-corrected chi connectivity index (χ2v) is 5.32. The van der Waals surface area contributed by atoms with Crippen molar-refractivity contribution >= 4 is 11.7 Å². The molecule has 2 N–H and O–H groups in total. The predicted molar refractivity (Wildman–Crippen MR) is 90.5 cm³/mol. The lowest BCUT2D eigenvalue weighted by atomic mass is 9.99. The first-order chi connectivity index (χ1) is 11.3. The summed E-state index contributed by atoms with van der Waals surface area (Å²) < 4.78 is 4.93. The Hall–Kier alpha value is -2.80. The smallest absolute Gasteiger partial charge is 0.341 e. The number of hydrogen-bond donors (Lipinski definition) is 1. The van der Waals surface area contributed by atoms with E-state index in [1.54, 1.807) is 31.3 Å². The zero-order valence-corrected chi connectivity index (χ0v) is 13.9. The fourth-order valence-electron chi connectivity index (χ4n) is 1.86. The molecule has 0 spiro atoms. The van der Waals surface area contributed by atoms with Gasteiger partial charge in [0.15, 0.2) is 0 Å². The fourth-order valence-corrected chi connectivity index (χ4v) is 1.86. The zero-order chi connectivity index (χ0) is 18.1. The van der Waals surface area contributed by atoms with Crippen LogP contribution in [-0.4, -0.2) is 22.1 Å². The number of esters is 1. The number of benzene rings is 1. The molecule has 0 amide bonds. The molecule has 2 rings (SSSR count). The van der Waals surface area contributed by atoms with E-state index >= 15 is 0 Å². The van der Waals surface area contributed by atoms with Crippen LogP contribution in [0.1, 0.15) is 42.6 Å². The lowest BCUT2D eigenvalue weighted by Crippen LogP contribution is -2.24. The van der Waals surface area contributed by atoms with Crippen LogP contribution in [0.5, 0.6) is 0 Å². The Labute approximate surface area is 140 Å². The number of carbonyl (C=O) groups excluding carboxylic acids is 1. The van der Waals surface area contributed by atoms with Crippen molar-refractivity contribution in [3.05, 3.63) is 70.0 Å². The van der Waals surface area contributed by atoms with E-state index in [1.165, 1.54) is 18.3 Å². The van der Waals surface area contributed by atoms with Gasteiger partial charge in [-0.15, -0.1) is 0 Å². The maximum absolute atomic E-state index is 11.6. The molecular formula is C17H21N3O4. The molecule has 1 aromatic heterocycles. The molecule has 128 valence electrons. The largest absolute Gasteiger partial charge is 0.443 e. The first-order valence-corrected chi connectivity index (χ1v) is 7.42. The van der Waals surface area contributed by atoms with Gasteiger partial charge in [-0.05, 0) is 24.5 Å². The second-order valence-electron chi connectivity index (χ2n) is 5.32. The van der Waals surface area contributed by atoms with Crippen molar-refractivity contribution < 1.29 is 14.5 Å². The van der Waals surface area contributed by atoms with Gasteiger partial charge in [-0.25, -0.2) is 4.79 Å². The number of nitrogens with two attached hydrogens (primary N) is 1. The van der Waals surface area contributed by atoms with Gasteiger partial charge in [0.25, 0.3) is 5.69 Å². The number of para-hydroxylation sites is 1. The SMILES string of the molecule is CC(N)OC(=O)c1cnccc1C(C)C.O=[N+]([O-])c1ccccc1. The highest BCUT2D eigenvalue weighted by Gasteiger charge is 2.16. The minimum Gasteiger partial charge on any atom is -0.443 e. The van der Waals surface area contributed by atoms with Gasteiger partial charge in [0, 0.05) is 24.5 Å². The summed E-state index contributed by atoms with van der Waals surface area (Å²) in [5.41, 5.74) is 6.95. The second kappa shape index (κ2) is 9.36. The topological polar surface area (TPSA) is 108 Å². The normalized spacial score (nSPS) is 11.2. The average Bonchev–Trinajstić information content (AvgIpc) is 2.55. The molecule has 0 radical (unpaired) electrons. The molecule has 0 saturated carbocycles. The van der Waals surface area contributed by atoms with Crippen molar-refractivity contribution in [2.24, 2.45) is 5.73 Å². The summed E-state index contributed by atoms with van der Waals surface area (Å²) in [5.74, 6) is -0.162. The van der Waals surface area contributed by atoms with Crippen LogP contribution in [-0.2, 0) is 4.74 Å². The molecule has 0 fully saturated rings. The number of non-ortho nitro benzene ring substituents is 1. The van der Waals surface area contributed by atoms with Gasteiger partial charge < -0.3 is 4.74 Å². The fraction of sp³-hybridized carbons (Fsp3) is 0.294. The Balaban J connectivity index is 0.000000272. The van der Waals surface area contributed by atoms with Gasteiger partial charge in [-0.1, -0.05) is 32.0 Å². The first kappa shape index (κ1) is 19.2. The zero-order valence-electron chi connectivity index (χ0n) is 13.9. The van der Waals surface area contributed by atoms with Gasteiger partial charge in [0.05, 0.1) is 10.5 Å². The number of pyridine rings is 1. The molecule has 7 nitrogen and oxygen atoms in total. The van der Waals surface area contributed by atoms with Gasteiger partial charge in [-0.2, -0.15) is 0 Å². The third kappa shape index (κ3) is 6.13. The summed E-state index contributed by atoms with van der Waals surface area (Å²) in [6.07, 6.45) is 2.58. The Morgan fingerprint density at radius 1 is 1.21 bits per heavy atom. The third-order valence-corrected chi connectivity index (χ3v) is 2.96. The molecule has 1 unspecified atom stereocenters. The Morgan fingerprint density at radius 3 is 2.29 bits per heavy atom. The predicted octanol–water partition coefficient (Wildman–Crippen LogP) is 3.26. The quantitative estimate of drug-likeness (QED) is 0.398. The molecule has 1 heterocycles. The molecule has 0 saturated heterocycles. The van der Waals surface area contributed by atoms with E-state index in [0.717, 1.165) is 5.56 Å². The highest BCUT2D eigenvalue weighted by Crippen LogP contribution is 2.19. The third-order valence-electron chi connectivity index (χ3n) is 2.96. The highest BCUT2D eigenvalue weighted by molar-refractivity contribution is 5.91. The van der Waals surface area contributed by atoms with Crippen LogP contribution >= 0.6 is 0 Å². The lowest BCUT2D eigenvalue weighted by molar-refractivity contribution is -0.384. The lowest BCUT2D eigenvalue weighted by Gasteiger charge is -2.12. The van der Waals surface area contributed by atoms with Crippen LogP contribution in [0.3, 0.4) is 0 Å². The monoisotopic (exact) mass is 331 g/mol. The molecule has 0 aliphatic heterocycles. The minimum atomic E-state index is -0.599. The van der Waals surface area contributed by atoms with Crippen LogP contribution in [0.2, 0.25) is 0 Å². The number of carbonyl (C=O) groups is 1. The van der Waals surface area contributed by atoms with Crippen molar-refractivity contribution in [1.29, 1.82) is 0 Å². The first-order valence-electron chi connectivity index (χ1n) is 7.42. The van der Waals surface area contributed by atoms with E-state index in [-0.39, 0.29) is 11.6 Å². The molecule has 1 aromatic carbocycles. The molecular weight excluding hydrogens is 310 g/mol. The van der Waals surface area contributed by atoms with E-state index in [9.17, 15) is 14.9 Å². The van der Waals surface area contributed by atoms with Gasteiger partial charge in [-0.3, -0.25) is 20.8 Å². The van der Waals surface area contributed by atoms with Gasteiger partial charge >= 0.3 is 5.97 Å². The number of nitro groups is 1. The number of ether oxygens (including phenoxy) is 1. The van der Waals surface area contributed by atoms with Crippen molar-refractivity contribution in [1.82, 2.24) is 4.98 Å². The van der Waals surface area contributed by atoms with Crippen LogP contribution in [0.15, 0.2) is 48.8 Å². The van der Waals surface area contributed by atoms with Gasteiger partial charge in [0.1, 0.15) is 6.23 Å². The van der Waals surface area contributed by atoms with Crippen LogP contribution in [0.4, 0.5) is 5.69 Å². The molecule has 2 aromatic rings. The maximum Gasteiger partial charge on any atom is 0.341 e. The molecule has 0 aliphatic carbocycles. The van der Waals surface area contributed by atoms with Crippen molar-refractivity contribution in [2.75, 3.05) is 0 Å². The number of aromatic nitrogens is 1. The number of nitrogens with zero attached hydrogens (tertiary/aromatic N) is 2. The molecule has 24 heavy (non-hydrogen) atoms. The Kier molecular flexibility index (Phi) is 7.51. The number of hydrogen-bond acceptors (Lipinski definition) is 6. The van der Waals surface area contributed by atoms with Crippen LogP contribution < -0.4 is 5.73 Å². The van der Waals surface area contributed by atoms with E-state index in [2.05, 4.69) is 4.98 Å². The Bertz CT molecular complexity index is 673. The maximum atomic E-state index is 11.6. The summed E-state index contributed by atoms with van der Waals surface area (Å²) in [5, 5.41) is 10.0. The van der Waals surface area contributed by atoms with Crippen molar-refractivity contribution in [3.63, 3.8) is 0 Å². The average molecular weight is 331 g/mol. The standard InChI is InChI=1S/C11H16N2O2.C6H5NO2/c1-7(2)9-4-5-13-6-10(9)11(14)15-8(3)12;8-7(9)6-4-2-1-3-5-6/h4-8H,12H2,1-3H3;1-5H. The van der Waals surface area contributed by atoms with E-state index in [1.807, 2.05) is 19.9 Å². The summed E-state index contributed by atoms with van der Waals surface area (Å²) in [6, 6.07) is 9.76. The summed E-state index contributed by atoms with van der Waals surface area (Å²) >= 11 is 0. The highest BCUT2D eigenvalue weighted by atomic mass is 16.6. The van der Waals surface area contributed by atoms with E-state index in [4.69, 9.17) is 10.5 Å². The number of nitro benzene ring substituents is 1. The van der Waals surface area contributed by atoms with E-state index in [0.29, 0.717) is 5.56 Å². The summed E-state index contributed by atoms with van der Waals surface area (Å²) in [6.45, 7) is 5.64. The summed E-state index contributed by atoms with van der Waals surface area (Å²) in [7, 11) is 0. The van der Waals surface area contributed by atoms with E-state index < -0.39 is 17.1 Å². The van der Waals surface area contributed by atoms with Crippen molar-refractivity contribution in [2.45, 2.75) is 32.9 Å². The van der Waals surface area contributed by atoms with Crippen LogP contribution in [0, 0.1) is 10.1 Å². The van der Waals surface area contributed by atoms with Gasteiger partial charge in [0.2, 0.25) is 0 Å². The van der Waals surface area contributed by atoms with Crippen LogP contribution in [0.25, 0.3) is 0 Å². The Morgan fingerprint density at radius 2 is 1.83 bits per heavy atom. The molecule has 0 aliphatic rings. The summed E-state index contributed by atoms with van der Waals surface area (Å²) in [4.78, 5) is 25.1. The molecule has 1 atom stereocenters.